The number of amides is 1. The van der Waals surface area contributed by atoms with Gasteiger partial charge in [0.15, 0.2) is 0 Å². The first-order chi connectivity index (χ1) is 15.2. The quantitative estimate of drug-likeness (QED) is 0.446. The number of nitrogens with one attached hydrogen (secondary N) is 2. The molecule has 1 fully saturated rings. The Bertz CT molecular complexity index is 1110. The van der Waals surface area contributed by atoms with Crippen molar-refractivity contribution in [3.63, 3.8) is 0 Å². The molecule has 1 aliphatic heterocycles. The Morgan fingerprint density at radius 1 is 1.22 bits per heavy atom. The van der Waals surface area contributed by atoms with Crippen LogP contribution in [0.5, 0.6) is 5.75 Å². The van der Waals surface area contributed by atoms with Crippen LogP contribution in [0, 0.1) is 17.0 Å². The van der Waals surface area contributed by atoms with Crippen LogP contribution in [0.1, 0.15) is 5.56 Å². The van der Waals surface area contributed by atoms with Crippen LogP contribution in [-0.4, -0.2) is 63.5 Å². The molecule has 3 rings (SSSR count). The van der Waals surface area contributed by atoms with Crippen molar-refractivity contribution in [2.45, 2.75) is 11.8 Å². The van der Waals surface area contributed by atoms with Crippen molar-refractivity contribution in [2.24, 2.45) is 0 Å². The van der Waals surface area contributed by atoms with E-state index in [1.807, 2.05) is 0 Å². The minimum atomic E-state index is -3.84. The van der Waals surface area contributed by atoms with Crippen molar-refractivity contribution < 1.29 is 27.6 Å². The highest BCUT2D eigenvalue weighted by molar-refractivity contribution is 7.89. The van der Waals surface area contributed by atoms with E-state index in [1.54, 1.807) is 13.0 Å². The highest BCUT2D eigenvalue weighted by Crippen LogP contribution is 2.30. The minimum Gasteiger partial charge on any atom is -0.495 e. The average Bonchev–Trinajstić information content (AvgIpc) is 2.79. The summed E-state index contributed by atoms with van der Waals surface area (Å²) in [6.07, 6.45) is 0. The molecule has 2 aromatic carbocycles. The maximum atomic E-state index is 13.1. The van der Waals surface area contributed by atoms with Gasteiger partial charge in [0.2, 0.25) is 15.9 Å². The lowest BCUT2D eigenvalue weighted by Crippen LogP contribution is -2.40. The molecule has 1 heterocycles. The van der Waals surface area contributed by atoms with Crippen LogP contribution in [0.25, 0.3) is 0 Å². The fourth-order valence-corrected chi connectivity index (χ4v) is 4.77. The van der Waals surface area contributed by atoms with Gasteiger partial charge in [-0.25, -0.2) is 8.42 Å². The lowest BCUT2D eigenvalue weighted by Gasteiger charge is -2.26. The first-order valence-corrected chi connectivity index (χ1v) is 11.2. The number of rotatable bonds is 8. The number of nitro benzene ring substituents is 1. The molecule has 0 radical (unpaired) electrons. The number of nitrogens with zero attached hydrogens (tertiary/aromatic N) is 2. The zero-order valence-electron chi connectivity index (χ0n) is 17.7. The number of non-ortho nitro benzene ring substituents is 1. The van der Waals surface area contributed by atoms with E-state index in [1.165, 1.54) is 41.7 Å². The van der Waals surface area contributed by atoms with E-state index in [4.69, 9.17) is 9.47 Å². The number of nitro groups is 1. The first-order valence-electron chi connectivity index (χ1n) is 9.77. The van der Waals surface area contributed by atoms with Crippen molar-refractivity contribution in [3.8, 4) is 5.75 Å². The molecule has 172 valence electrons. The highest BCUT2D eigenvalue weighted by Gasteiger charge is 2.29. The van der Waals surface area contributed by atoms with Gasteiger partial charge in [0.1, 0.15) is 10.6 Å². The maximum absolute atomic E-state index is 13.1. The van der Waals surface area contributed by atoms with Gasteiger partial charge in [-0.2, -0.15) is 4.31 Å². The normalized spacial score (nSPS) is 14.6. The lowest BCUT2D eigenvalue weighted by molar-refractivity contribution is -0.384. The van der Waals surface area contributed by atoms with Gasteiger partial charge in [-0.05, 0) is 30.7 Å². The largest absolute Gasteiger partial charge is 0.495 e. The van der Waals surface area contributed by atoms with Crippen molar-refractivity contribution in [3.05, 3.63) is 52.1 Å². The van der Waals surface area contributed by atoms with Crippen molar-refractivity contribution >= 4 is 33.0 Å². The van der Waals surface area contributed by atoms with E-state index in [0.717, 1.165) is 5.56 Å². The number of aryl methyl sites for hydroxylation is 1. The Hall–Kier alpha value is -3.22. The molecule has 0 spiro atoms. The molecule has 1 amide bonds. The fourth-order valence-electron chi connectivity index (χ4n) is 3.18. The molecule has 0 bridgehead atoms. The van der Waals surface area contributed by atoms with Gasteiger partial charge in [0.05, 0.1) is 31.8 Å². The molecule has 32 heavy (non-hydrogen) atoms. The number of ether oxygens (including phenoxy) is 2. The molecule has 0 atom stereocenters. The maximum Gasteiger partial charge on any atom is 0.271 e. The first kappa shape index (κ1) is 23.4. The average molecular weight is 465 g/mol. The number of morpholine rings is 1. The van der Waals surface area contributed by atoms with Gasteiger partial charge in [-0.1, -0.05) is 6.07 Å². The summed E-state index contributed by atoms with van der Waals surface area (Å²) in [5.74, 6) is -0.282. The summed E-state index contributed by atoms with van der Waals surface area (Å²) >= 11 is 0. The van der Waals surface area contributed by atoms with E-state index < -0.39 is 20.9 Å². The Kier molecular flexibility index (Phi) is 7.28. The molecule has 11 nitrogen and oxygen atoms in total. The number of sulfonamides is 1. The third kappa shape index (κ3) is 5.33. The Morgan fingerprint density at radius 3 is 2.59 bits per heavy atom. The predicted molar refractivity (Wildman–Crippen MR) is 118 cm³/mol. The summed E-state index contributed by atoms with van der Waals surface area (Å²) in [6.45, 7) is 2.67. The van der Waals surface area contributed by atoms with Crippen LogP contribution in [0.4, 0.5) is 17.1 Å². The molecule has 0 aliphatic carbocycles. The van der Waals surface area contributed by atoms with E-state index in [-0.39, 0.29) is 41.7 Å². The summed E-state index contributed by atoms with van der Waals surface area (Å²) in [4.78, 5) is 22.8. The third-order valence-corrected chi connectivity index (χ3v) is 6.83. The van der Waals surface area contributed by atoms with E-state index in [9.17, 15) is 23.3 Å². The van der Waals surface area contributed by atoms with Crippen LogP contribution in [-0.2, 0) is 19.6 Å². The fraction of sp³-hybridized carbons (Fsp3) is 0.350. The van der Waals surface area contributed by atoms with Gasteiger partial charge in [-0.3, -0.25) is 14.9 Å². The molecule has 12 heteroatoms. The van der Waals surface area contributed by atoms with Gasteiger partial charge < -0.3 is 20.1 Å². The number of carbonyl (C=O) groups is 1. The number of hydrogen-bond acceptors (Lipinski definition) is 8. The minimum absolute atomic E-state index is 0.0535. The third-order valence-electron chi connectivity index (χ3n) is 4.91. The Morgan fingerprint density at radius 2 is 1.94 bits per heavy atom. The van der Waals surface area contributed by atoms with Crippen LogP contribution < -0.4 is 15.4 Å². The molecule has 0 unspecified atom stereocenters. The topological polar surface area (TPSA) is 140 Å². The Labute approximate surface area is 185 Å². The standard InChI is InChI=1S/C20H24N4O7S/c1-14-3-5-16(24(26)27)12-17(14)21-13-20(25)22-15-4-6-18(30-2)19(11-15)32(28,29)23-7-9-31-10-8-23/h3-6,11-12,21H,7-10,13H2,1-2H3,(H,22,25). The number of hydrogen-bond donors (Lipinski definition) is 2. The van der Waals surface area contributed by atoms with Crippen LogP contribution in [0.3, 0.4) is 0 Å². The molecule has 0 aromatic heterocycles. The van der Waals surface area contributed by atoms with Gasteiger partial charge >= 0.3 is 0 Å². The molecule has 1 saturated heterocycles. The van der Waals surface area contributed by atoms with Crippen molar-refractivity contribution in [2.75, 3.05) is 50.6 Å². The second-order valence-corrected chi connectivity index (χ2v) is 8.95. The smallest absolute Gasteiger partial charge is 0.271 e. The molecular weight excluding hydrogens is 440 g/mol. The molecule has 1 aliphatic rings. The second kappa shape index (κ2) is 9.94. The van der Waals surface area contributed by atoms with Gasteiger partial charge in [0, 0.05) is 36.6 Å². The van der Waals surface area contributed by atoms with Crippen LogP contribution in [0.2, 0.25) is 0 Å². The summed E-state index contributed by atoms with van der Waals surface area (Å²) in [6, 6.07) is 8.68. The highest BCUT2D eigenvalue weighted by atomic mass is 32.2. The monoisotopic (exact) mass is 464 g/mol. The SMILES string of the molecule is COc1ccc(NC(=O)CNc2cc([N+](=O)[O-])ccc2C)cc1S(=O)(=O)N1CCOCC1. The van der Waals surface area contributed by atoms with Gasteiger partial charge in [0.25, 0.3) is 5.69 Å². The van der Waals surface area contributed by atoms with Crippen molar-refractivity contribution in [1.82, 2.24) is 4.31 Å². The predicted octanol–water partition coefficient (Wildman–Crippen LogP) is 1.98. The zero-order valence-corrected chi connectivity index (χ0v) is 18.5. The van der Waals surface area contributed by atoms with E-state index in [2.05, 4.69) is 10.6 Å². The van der Waals surface area contributed by atoms with Crippen molar-refractivity contribution in [1.29, 1.82) is 0 Å². The number of benzene rings is 2. The molecule has 2 N–H and O–H groups in total. The summed E-state index contributed by atoms with van der Waals surface area (Å²) in [5, 5.41) is 16.5. The lowest BCUT2D eigenvalue weighted by atomic mass is 10.2. The molecule has 2 aromatic rings. The second-order valence-electron chi connectivity index (χ2n) is 7.04. The summed E-state index contributed by atoms with van der Waals surface area (Å²) in [7, 11) is -2.47. The van der Waals surface area contributed by atoms with E-state index >= 15 is 0 Å². The summed E-state index contributed by atoms with van der Waals surface area (Å²) < 4.78 is 37.8. The number of anilines is 2. The Balaban J connectivity index is 1.74. The number of methoxy groups -OCH3 is 1. The van der Waals surface area contributed by atoms with E-state index in [0.29, 0.717) is 18.9 Å². The zero-order chi connectivity index (χ0) is 23.3. The van der Waals surface area contributed by atoms with Crippen LogP contribution in [0.15, 0.2) is 41.3 Å². The number of carbonyl (C=O) groups excluding carboxylic acids is 1. The molecular formula is C20H24N4O7S. The molecule has 0 saturated carbocycles. The van der Waals surface area contributed by atoms with Crippen LogP contribution >= 0.6 is 0 Å². The summed E-state index contributed by atoms with van der Waals surface area (Å²) in [5.41, 5.74) is 1.39. The van der Waals surface area contributed by atoms with Gasteiger partial charge in [-0.15, -0.1) is 0 Å².